The van der Waals surface area contributed by atoms with Gasteiger partial charge in [0.25, 0.3) is 0 Å². The molecule has 0 amide bonds. The van der Waals surface area contributed by atoms with Crippen LogP contribution in [0.4, 0.5) is 0 Å². The smallest absolute Gasteiger partial charge is 0.0729 e. The van der Waals surface area contributed by atoms with Crippen LogP contribution < -0.4 is 11.3 Å². The maximum atomic E-state index is 5.65. The van der Waals surface area contributed by atoms with Crippen molar-refractivity contribution in [1.29, 1.82) is 0 Å². The number of rotatable bonds is 3. The lowest BCUT2D eigenvalue weighted by Gasteiger charge is -2.17. The first-order valence-electron chi connectivity index (χ1n) is 4.96. The molecule has 0 spiro atoms. The molecule has 0 saturated heterocycles. The van der Waals surface area contributed by atoms with Crippen LogP contribution >= 0.6 is 27.3 Å². The Kier molecular flexibility index (Phi) is 3.76. The minimum Gasteiger partial charge on any atom is -0.271 e. The van der Waals surface area contributed by atoms with Gasteiger partial charge in [0, 0.05) is 4.47 Å². The molecule has 16 heavy (non-hydrogen) atoms. The molecule has 2 aromatic rings. The normalized spacial score (nSPS) is 12.7. The second kappa shape index (κ2) is 5.10. The van der Waals surface area contributed by atoms with E-state index in [2.05, 4.69) is 63.3 Å². The molecule has 0 bridgehead atoms. The van der Waals surface area contributed by atoms with Gasteiger partial charge in [0.15, 0.2) is 0 Å². The van der Waals surface area contributed by atoms with Crippen LogP contribution in [-0.2, 0) is 0 Å². The average molecular weight is 297 g/mol. The topological polar surface area (TPSA) is 38.0 Å². The van der Waals surface area contributed by atoms with Gasteiger partial charge in [-0.1, -0.05) is 33.6 Å². The largest absolute Gasteiger partial charge is 0.271 e. The highest BCUT2D eigenvalue weighted by molar-refractivity contribution is 9.10. The number of halogens is 1. The van der Waals surface area contributed by atoms with Crippen LogP contribution in [0.15, 0.2) is 39.5 Å². The van der Waals surface area contributed by atoms with Crippen molar-refractivity contribution >= 4 is 27.3 Å². The standard InChI is InChI=1S/C12H13BrN2S/c1-8-2-3-11(13)10(6-8)12(15-14)9-4-5-16-7-9/h2-7,12,15H,14H2,1H3. The molecule has 0 aliphatic heterocycles. The van der Waals surface area contributed by atoms with E-state index in [1.807, 2.05) is 0 Å². The van der Waals surface area contributed by atoms with E-state index in [0.29, 0.717) is 0 Å². The van der Waals surface area contributed by atoms with Crippen LogP contribution in [0.3, 0.4) is 0 Å². The molecule has 4 heteroatoms. The maximum Gasteiger partial charge on any atom is 0.0729 e. The highest BCUT2D eigenvalue weighted by Crippen LogP contribution is 2.29. The Morgan fingerprint density at radius 3 is 2.81 bits per heavy atom. The highest BCUT2D eigenvalue weighted by Gasteiger charge is 2.15. The van der Waals surface area contributed by atoms with Crippen molar-refractivity contribution < 1.29 is 0 Å². The number of nitrogens with one attached hydrogen (secondary N) is 1. The minimum absolute atomic E-state index is 0.0422. The van der Waals surface area contributed by atoms with Gasteiger partial charge in [0.2, 0.25) is 0 Å². The molecule has 0 radical (unpaired) electrons. The molecule has 0 saturated carbocycles. The summed E-state index contributed by atoms with van der Waals surface area (Å²) in [6.45, 7) is 2.08. The SMILES string of the molecule is Cc1ccc(Br)c(C(NN)c2ccsc2)c1. The lowest BCUT2D eigenvalue weighted by Crippen LogP contribution is -2.28. The highest BCUT2D eigenvalue weighted by atomic mass is 79.9. The molecule has 3 N–H and O–H groups in total. The van der Waals surface area contributed by atoms with Crippen molar-refractivity contribution in [2.24, 2.45) is 5.84 Å². The van der Waals surface area contributed by atoms with Crippen molar-refractivity contribution in [2.75, 3.05) is 0 Å². The predicted octanol–water partition coefficient (Wildman–Crippen LogP) is 3.37. The monoisotopic (exact) mass is 296 g/mol. The molecule has 1 unspecified atom stereocenters. The Morgan fingerprint density at radius 1 is 1.38 bits per heavy atom. The van der Waals surface area contributed by atoms with Gasteiger partial charge in [-0.3, -0.25) is 5.84 Å². The zero-order valence-electron chi connectivity index (χ0n) is 8.91. The molecule has 0 aliphatic carbocycles. The van der Waals surface area contributed by atoms with Gasteiger partial charge in [-0.2, -0.15) is 11.3 Å². The lowest BCUT2D eigenvalue weighted by molar-refractivity contribution is 0.636. The van der Waals surface area contributed by atoms with Crippen molar-refractivity contribution in [3.05, 3.63) is 56.2 Å². The Hall–Kier alpha value is -0.680. The third-order valence-corrected chi connectivity index (χ3v) is 3.93. The van der Waals surface area contributed by atoms with E-state index in [0.717, 1.165) is 4.47 Å². The molecular weight excluding hydrogens is 284 g/mol. The summed E-state index contributed by atoms with van der Waals surface area (Å²) in [6, 6.07) is 8.41. The summed E-state index contributed by atoms with van der Waals surface area (Å²) in [6.07, 6.45) is 0. The van der Waals surface area contributed by atoms with E-state index in [1.165, 1.54) is 16.7 Å². The van der Waals surface area contributed by atoms with Crippen LogP contribution in [0.2, 0.25) is 0 Å². The maximum absolute atomic E-state index is 5.65. The van der Waals surface area contributed by atoms with E-state index in [4.69, 9.17) is 5.84 Å². The number of hydrogen-bond donors (Lipinski definition) is 2. The van der Waals surface area contributed by atoms with Gasteiger partial charge in [-0.25, -0.2) is 5.43 Å². The Balaban J connectivity index is 2.44. The summed E-state index contributed by atoms with van der Waals surface area (Å²) < 4.78 is 1.08. The number of nitrogens with two attached hydrogens (primary N) is 1. The van der Waals surface area contributed by atoms with Crippen molar-refractivity contribution in [3.63, 3.8) is 0 Å². The Labute approximate surface area is 108 Å². The fraction of sp³-hybridized carbons (Fsp3) is 0.167. The third-order valence-electron chi connectivity index (χ3n) is 2.51. The molecule has 1 aromatic heterocycles. The molecule has 1 aromatic carbocycles. The summed E-state index contributed by atoms with van der Waals surface area (Å²) in [4.78, 5) is 0. The summed E-state index contributed by atoms with van der Waals surface area (Å²) in [5.41, 5.74) is 6.46. The fourth-order valence-electron chi connectivity index (χ4n) is 1.69. The van der Waals surface area contributed by atoms with Gasteiger partial charge in [-0.05, 0) is 40.9 Å². The summed E-state index contributed by atoms with van der Waals surface area (Å²) in [5.74, 6) is 5.65. The second-order valence-electron chi connectivity index (χ2n) is 3.68. The van der Waals surface area contributed by atoms with Gasteiger partial charge < -0.3 is 0 Å². The summed E-state index contributed by atoms with van der Waals surface area (Å²) in [5, 5.41) is 4.17. The number of hydrogen-bond acceptors (Lipinski definition) is 3. The van der Waals surface area contributed by atoms with E-state index < -0.39 is 0 Å². The number of aryl methyl sites for hydroxylation is 1. The zero-order chi connectivity index (χ0) is 11.5. The fourth-order valence-corrected chi connectivity index (χ4v) is 2.85. The molecule has 1 atom stereocenters. The first-order chi connectivity index (χ1) is 7.72. The Bertz CT molecular complexity index is 468. The van der Waals surface area contributed by atoms with E-state index in [-0.39, 0.29) is 6.04 Å². The van der Waals surface area contributed by atoms with Crippen LogP contribution in [0.5, 0.6) is 0 Å². The molecule has 84 valence electrons. The third kappa shape index (κ3) is 2.35. The summed E-state index contributed by atoms with van der Waals surface area (Å²) >= 11 is 5.24. The molecule has 1 heterocycles. The van der Waals surface area contributed by atoms with Gasteiger partial charge in [0.1, 0.15) is 0 Å². The first kappa shape index (κ1) is 11.8. The Morgan fingerprint density at radius 2 is 2.19 bits per heavy atom. The molecular formula is C12H13BrN2S. The van der Waals surface area contributed by atoms with Crippen molar-refractivity contribution in [3.8, 4) is 0 Å². The van der Waals surface area contributed by atoms with Gasteiger partial charge in [0.05, 0.1) is 6.04 Å². The molecule has 2 nitrogen and oxygen atoms in total. The first-order valence-corrected chi connectivity index (χ1v) is 6.70. The zero-order valence-corrected chi connectivity index (χ0v) is 11.3. The second-order valence-corrected chi connectivity index (χ2v) is 5.32. The van der Waals surface area contributed by atoms with Crippen LogP contribution in [-0.4, -0.2) is 0 Å². The molecule has 0 fully saturated rings. The van der Waals surface area contributed by atoms with E-state index in [9.17, 15) is 0 Å². The lowest BCUT2D eigenvalue weighted by atomic mass is 10.0. The number of benzene rings is 1. The van der Waals surface area contributed by atoms with Gasteiger partial charge >= 0.3 is 0 Å². The van der Waals surface area contributed by atoms with Crippen LogP contribution in [0.1, 0.15) is 22.7 Å². The predicted molar refractivity (Wildman–Crippen MR) is 72.4 cm³/mol. The van der Waals surface area contributed by atoms with Crippen molar-refractivity contribution in [2.45, 2.75) is 13.0 Å². The van der Waals surface area contributed by atoms with Gasteiger partial charge in [-0.15, -0.1) is 0 Å². The van der Waals surface area contributed by atoms with Crippen LogP contribution in [0.25, 0.3) is 0 Å². The van der Waals surface area contributed by atoms with Crippen molar-refractivity contribution in [1.82, 2.24) is 5.43 Å². The van der Waals surface area contributed by atoms with Crippen LogP contribution in [0, 0.1) is 6.92 Å². The number of hydrazine groups is 1. The van der Waals surface area contributed by atoms with E-state index >= 15 is 0 Å². The minimum atomic E-state index is 0.0422. The number of thiophene rings is 1. The quantitative estimate of drug-likeness (QED) is 0.673. The molecule has 2 rings (SSSR count). The van der Waals surface area contributed by atoms with E-state index in [1.54, 1.807) is 11.3 Å². The molecule has 0 aliphatic rings. The summed E-state index contributed by atoms with van der Waals surface area (Å²) in [7, 11) is 0. The average Bonchev–Trinajstić information content (AvgIpc) is 2.78.